The van der Waals surface area contributed by atoms with Crippen molar-refractivity contribution >= 4 is 5.91 Å². The highest BCUT2D eigenvalue weighted by Crippen LogP contribution is 2.24. The largest absolute Gasteiger partial charge is 0.619 e. The molecule has 1 saturated heterocycles. The Morgan fingerprint density at radius 3 is 2.68 bits per heavy atom. The topological polar surface area (TPSA) is 72.4 Å². The maximum Gasteiger partial charge on any atom is 0.251 e. The number of nitrogens with one attached hydrogen (secondary N) is 1. The number of pyridine rings is 1. The second-order valence-corrected chi connectivity index (χ2v) is 5.43. The normalized spacial score (nSPS) is 16.5. The van der Waals surface area contributed by atoms with Crippen LogP contribution in [-0.4, -0.2) is 30.4 Å². The van der Waals surface area contributed by atoms with E-state index in [0.29, 0.717) is 16.8 Å². The van der Waals surface area contributed by atoms with Crippen LogP contribution < -0.4 is 10.0 Å². The summed E-state index contributed by atoms with van der Waals surface area (Å²) in [6.45, 7) is 2.52. The van der Waals surface area contributed by atoms with Gasteiger partial charge in [0.1, 0.15) is 5.76 Å². The molecule has 3 heterocycles. The van der Waals surface area contributed by atoms with E-state index in [1.54, 1.807) is 6.26 Å². The lowest BCUT2D eigenvalue weighted by Crippen LogP contribution is -2.37. The van der Waals surface area contributed by atoms with Crippen molar-refractivity contribution in [2.45, 2.75) is 18.9 Å². The van der Waals surface area contributed by atoms with Gasteiger partial charge in [-0.1, -0.05) is 0 Å². The highest BCUT2D eigenvalue weighted by molar-refractivity contribution is 5.93. The minimum atomic E-state index is -0.184. The molecule has 0 aromatic carbocycles. The lowest BCUT2D eigenvalue weighted by atomic mass is 10.2. The summed E-state index contributed by atoms with van der Waals surface area (Å²) >= 11 is 0. The first-order valence-electron chi connectivity index (χ1n) is 7.48. The summed E-state index contributed by atoms with van der Waals surface area (Å²) in [5.41, 5.74) is 0.478. The Morgan fingerprint density at radius 2 is 2.05 bits per heavy atom. The minimum absolute atomic E-state index is 0.0506. The molecule has 0 aliphatic carbocycles. The van der Waals surface area contributed by atoms with E-state index in [0.717, 1.165) is 18.8 Å². The van der Waals surface area contributed by atoms with Crippen LogP contribution in [0.4, 0.5) is 0 Å². The van der Waals surface area contributed by atoms with Gasteiger partial charge in [-0.15, -0.1) is 0 Å². The quantitative estimate of drug-likeness (QED) is 0.670. The molecular formula is C16H19N3O3. The summed E-state index contributed by atoms with van der Waals surface area (Å²) in [6, 6.07) is 6.89. The van der Waals surface area contributed by atoms with Gasteiger partial charge >= 0.3 is 0 Å². The number of rotatable bonds is 5. The van der Waals surface area contributed by atoms with Gasteiger partial charge in [0.25, 0.3) is 5.91 Å². The third kappa shape index (κ3) is 3.28. The summed E-state index contributed by atoms with van der Waals surface area (Å²) < 4.78 is 6.18. The van der Waals surface area contributed by atoms with Crippen molar-refractivity contribution in [2.75, 3.05) is 19.6 Å². The number of furan rings is 1. The van der Waals surface area contributed by atoms with Crippen LogP contribution in [0.25, 0.3) is 0 Å². The number of hydrogen-bond donors (Lipinski definition) is 1. The van der Waals surface area contributed by atoms with Crippen LogP contribution in [0.2, 0.25) is 0 Å². The van der Waals surface area contributed by atoms with E-state index in [9.17, 15) is 10.0 Å². The molecule has 0 spiro atoms. The van der Waals surface area contributed by atoms with Gasteiger partial charge in [-0.2, -0.15) is 4.73 Å². The number of carbonyl (C=O) groups is 1. The molecule has 22 heavy (non-hydrogen) atoms. The first-order valence-corrected chi connectivity index (χ1v) is 7.48. The number of nitrogens with zero attached hydrogens (tertiary/aromatic N) is 2. The fourth-order valence-corrected chi connectivity index (χ4v) is 2.80. The van der Waals surface area contributed by atoms with Crippen molar-refractivity contribution in [1.29, 1.82) is 0 Å². The summed E-state index contributed by atoms with van der Waals surface area (Å²) in [5, 5.41) is 13.9. The highest BCUT2D eigenvalue weighted by atomic mass is 16.5. The molecule has 6 nitrogen and oxygen atoms in total. The van der Waals surface area contributed by atoms with E-state index in [1.165, 1.54) is 37.4 Å². The Kier molecular flexibility index (Phi) is 4.39. The maximum absolute atomic E-state index is 12.2. The van der Waals surface area contributed by atoms with Crippen LogP contribution in [0.5, 0.6) is 0 Å². The predicted molar refractivity (Wildman–Crippen MR) is 80.0 cm³/mol. The standard InChI is InChI=1S/C16H19N3O3/c20-16(13-5-9-19(21)10-6-13)17-12-14(15-4-3-11-22-15)18-7-1-2-8-18/h3-6,9-11,14H,1-2,7-8,12H2,(H,17,20). The van der Waals surface area contributed by atoms with Gasteiger partial charge in [-0.25, -0.2) is 0 Å². The predicted octanol–water partition coefficient (Wildman–Crippen LogP) is 1.48. The zero-order valence-corrected chi connectivity index (χ0v) is 12.3. The van der Waals surface area contributed by atoms with Gasteiger partial charge in [0.15, 0.2) is 12.4 Å². The number of carbonyl (C=O) groups excluding carboxylic acids is 1. The third-order valence-corrected chi connectivity index (χ3v) is 3.97. The molecule has 1 aliphatic heterocycles. The first-order chi connectivity index (χ1) is 10.7. The zero-order chi connectivity index (χ0) is 15.4. The SMILES string of the molecule is O=C(NCC(c1ccco1)N1CCCC1)c1cc[n+]([O-])cc1. The van der Waals surface area contributed by atoms with E-state index in [2.05, 4.69) is 10.2 Å². The Labute approximate surface area is 128 Å². The molecular weight excluding hydrogens is 282 g/mol. The molecule has 2 aromatic rings. The molecule has 1 N–H and O–H groups in total. The summed E-state index contributed by atoms with van der Waals surface area (Å²) in [5.74, 6) is 0.684. The van der Waals surface area contributed by atoms with E-state index in [4.69, 9.17) is 4.42 Å². The number of amides is 1. The smallest absolute Gasteiger partial charge is 0.251 e. The summed E-state index contributed by atoms with van der Waals surface area (Å²) in [6.07, 6.45) is 6.64. The van der Waals surface area contributed by atoms with Gasteiger partial charge in [0.05, 0.1) is 17.9 Å². The van der Waals surface area contributed by atoms with Crippen molar-refractivity contribution in [3.63, 3.8) is 0 Å². The van der Waals surface area contributed by atoms with Crippen molar-refractivity contribution in [2.24, 2.45) is 0 Å². The monoisotopic (exact) mass is 301 g/mol. The molecule has 6 heteroatoms. The van der Waals surface area contributed by atoms with Crippen LogP contribution in [-0.2, 0) is 0 Å². The summed E-state index contributed by atoms with van der Waals surface area (Å²) in [7, 11) is 0. The molecule has 1 fully saturated rings. The second kappa shape index (κ2) is 6.62. The number of aromatic nitrogens is 1. The minimum Gasteiger partial charge on any atom is -0.619 e. The van der Waals surface area contributed by atoms with Gasteiger partial charge < -0.3 is 14.9 Å². The molecule has 2 aromatic heterocycles. The Hall–Kier alpha value is -2.34. The van der Waals surface area contributed by atoms with Gasteiger partial charge in [0.2, 0.25) is 0 Å². The molecule has 3 rings (SSSR count). The lowest BCUT2D eigenvalue weighted by molar-refractivity contribution is -0.605. The summed E-state index contributed by atoms with van der Waals surface area (Å²) in [4.78, 5) is 14.5. The van der Waals surface area contributed by atoms with E-state index in [-0.39, 0.29) is 11.9 Å². The molecule has 1 unspecified atom stereocenters. The Bertz CT molecular complexity index is 604. The van der Waals surface area contributed by atoms with Crippen LogP contribution in [0.1, 0.15) is 35.0 Å². The van der Waals surface area contributed by atoms with Crippen LogP contribution in [0.15, 0.2) is 47.3 Å². The van der Waals surface area contributed by atoms with Crippen molar-refractivity contribution in [3.05, 3.63) is 59.5 Å². The third-order valence-electron chi connectivity index (χ3n) is 3.97. The number of hydrogen-bond acceptors (Lipinski definition) is 4. The molecule has 1 aliphatic rings. The molecule has 0 bridgehead atoms. The molecule has 0 saturated carbocycles. The molecule has 1 atom stereocenters. The van der Waals surface area contributed by atoms with Crippen molar-refractivity contribution in [1.82, 2.24) is 10.2 Å². The Morgan fingerprint density at radius 1 is 1.32 bits per heavy atom. The zero-order valence-electron chi connectivity index (χ0n) is 12.3. The Balaban J connectivity index is 1.66. The van der Waals surface area contributed by atoms with E-state index in [1.807, 2.05) is 12.1 Å². The average Bonchev–Trinajstić information content (AvgIpc) is 3.22. The number of likely N-dealkylation sites (tertiary alicyclic amines) is 1. The van der Waals surface area contributed by atoms with Gasteiger partial charge in [-0.3, -0.25) is 9.69 Å². The second-order valence-electron chi connectivity index (χ2n) is 5.43. The highest BCUT2D eigenvalue weighted by Gasteiger charge is 2.26. The molecule has 0 radical (unpaired) electrons. The molecule has 116 valence electrons. The maximum atomic E-state index is 12.2. The fraction of sp³-hybridized carbons (Fsp3) is 0.375. The fourth-order valence-electron chi connectivity index (χ4n) is 2.80. The van der Waals surface area contributed by atoms with Gasteiger partial charge in [-0.05, 0) is 38.1 Å². The van der Waals surface area contributed by atoms with Crippen LogP contribution in [0.3, 0.4) is 0 Å². The van der Waals surface area contributed by atoms with E-state index < -0.39 is 0 Å². The van der Waals surface area contributed by atoms with Gasteiger partial charge in [0, 0.05) is 18.7 Å². The average molecular weight is 301 g/mol. The van der Waals surface area contributed by atoms with E-state index >= 15 is 0 Å². The van der Waals surface area contributed by atoms with Crippen molar-refractivity contribution in [3.8, 4) is 0 Å². The van der Waals surface area contributed by atoms with Crippen molar-refractivity contribution < 1.29 is 13.9 Å². The first kappa shape index (κ1) is 14.6. The van der Waals surface area contributed by atoms with Crippen LogP contribution >= 0.6 is 0 Å². The van der Waals surface area contributed by atoms with Crippen LogP contribution in [0, 0.1) is 5.21 Å². The lowest BCUT2D eigenvalue weighted by Gasteiger charge is -2.25. The molecule has 1 amide bonds.